The van der Waals surface area contributed by atoms with Crippen LogP contribution in [0.3, 0.4) is 0 Å². The normalized spacial score (nSPS) is 12.8. The fourth-order valence-electron chi connectivity index (χ4n) is 3.45. The molecule has 0 radical (unpaired) electrons. The molecule has 0 aliphatic rings. The van der Waals surface area contributed by atoms with E-state index in [1.165, 1.54) is 17.4 Å². The van der Waals surface area contributed by atoms with Gasteiger partial charge in [-0.1, -0.05) is 53.8 Å². The molecule has 5 rings (SSSR count). The first-order valence-electron chi connectivity index (χ1n) is 10.3. The lowest BCUT2D eigenvalue weighted by atomic mass is 10.0. The predicted molar refractivity (Wildman–Crippen MR) is 126 cm³/mol. The molecule has 0 aliphatic heterocycles. The molecule has 3 aromatic heterocycles. The van der Waals surface area contributed by atoms with Gasteiger partial charge in [0, 0.05) is 29.6 Å². The quantitative estimate of drug-likeness (QED) is 0.293. The molecule has 0 saturated heterocycles. The average molecular weight is 499 g/mol. The van der Waals surface area contributed by atoms with Gasteiger partial charge in [0.1, 0.15) is 0 Å². The van der Waals surface area contributed by atoms with Gasteiger partial charge in [0.2, 0.25) is 9.30 Å². The van der Waals surface area contributed by atoms with Crippen LogP contribution in [0.4, 0.5) is 13.2 Å². The molecule has 0 fully saturated rings. The number of rotatable bonds is 6. The first-order valence-corrected chi connectivity index (χ1v) is 12.4. The Balaban J connectivity index is 1.31. The Morgan fingerprint density at radius 1 is 0.941 bits per heavy atom. The molecule has 10 heteroatoms. The molecular formula is C24H17F3N4OS2. The molecular weight excluding hydrogens is 481 g/mol. The number of halogens is 3. The number of benzene rings is 2. The summed E-state index contributed by atoms with van der Waals surface area (Å²) in [6, 6.07) is 18.0. The Kier molecular flexibility index (Phi) is 6.01. The molecule has 0 saturated carbocycles. The van der Waals surface area contributed by atoms with Crippen LogP contribution in [0, 0.1) is 0 Å². The molecule has 34 heavy (non-hydrogen) atoms. The van der Waals surface area contributed by atoms with Gasteiger partial charge in [0.15, 0.2) is 0 Å². The topological polar surface area (TPSA) is 60.2 Å². The Morgan fingerprint density at radius 2 is 1.74 bits per heavy atom. The summed E-state index contributed by atoms with van der Waals surface area (Å²) < 4.78 is 53.7. The van der Waals surface area contributed by atoms with Gasteiger partial charge in [0.05, 0.1) is 28.3 Å². The summed E-state index contributed by atoms with van der Waals surface area (Å²) in [5.74, 6) is 0.428. The molecule has 5 aromatic rings. The van der Waals surface area contributed by atoms with Gasteiger partial charge < -0.3 is 0 Å². The van der Waals surface area contributed by atoms with Gasteiger partial charge in [-0.25, -0.2) is 9.50 Å². The van der Waals surface area contributed by atoms with Crippen molar-refractivity contribution < 1.29 is 17.4 Å². The molecule has 1 unspecified atom stereocenters. The van der Waals surface area contributed by atoms with E-state index in [1.807, 2.05) is 30.3 Å². The van der Waals surface area contributed by atoms with Crippen molar-refractivity contribution >= 4 is 27.1 Å². The summed E-state index contributed by atoms with van der Waals surface area (Å²) in [7, 11) is -1.25. The minimum atomic E-state index is -4.38. The summed E-state index contributed by atoms with van der Waals surface area (Å²) >= 11 is 1.27. The zero-order chi connectivity index (χ0) is 23.7. The highest BCUT2D eigenvalue weighted by Crippen LogP contribution is 2.33. The zero-order valence-electron chi connectivity index (χ0n) is 17.6. The van der Waals surface area contributed by atoms with Crippen molar-refractivity contribution in [3.8, 4) is 22.4 Å². The van der Waals surface area contributed by atoms with Crippen LogP contribution in [0.2, 0.25) is 0 Å². The van der Waals surface area contributed by atoms with Crippen LogP contribution in [0.25, 0.3) is 27.3 Å². The van der Waals surface area contributed by atoms with Crippen molar-refractivity contribution in [3.05, 3.63) is 90.4 Å². The van der Waals surface area contributed by atoms with E-state index in [9.17, 15) is 17.4 Å². The third-order valence-electron chi connectivity index (χ3n) is 5.19. The summed E-state index contributed by atoms with van der Waals surface area (Å²) in [4.78, 5) is 9.44. The second-order valence-corrected chi connectivity index (χ2v) is 10.2. The maximum atomic E-state index is 13.0. The Labute approximate surface area is 199 Å². The van der Waals surface area contributed by atoms with Crippen molar-refractivity contribution in [3.63, 3.8) is 0 Å². The van der Waals surface area contributed by atoms with E-state index < -0.39 is 22.5 Å². The second kappa shape index (κ2) is 9.11. The van der Waals surface area contributed by atoms with Gasteiger partial charge >= 0.3 is 6.18 Å². The molecule has 3 heterocycles. The smallest absolute Gasteiger partial charge is 0.261 e. The lowest BCUT2D eigenvalue weighted by molar-refractivity contribution is -0.137. The maximum absolute atomic E-state index is 13.0. The Hall–Kier alpha value is -3.37. The van der Waals surface area contributed by atoms with Gasteiger partial charge in [-0.2, -0.15) is 13.2 Å². The number of hydrogen-bond acceptors (Lipinski definition) is 5. The molecule has 0 N–H and O–H groups in total. The number of fused-ring (bicyclic) bond motifs is 1. The van der Waals surface area contributed by atoms with E-state index >= 15 is 0 Å². The van der Waals surface area contributed by atoms with Crippen LogP contribution in [-0.4, -0.2) is 29.5 Å². The van der Waals surface area contributed by atoms with Gasteiger partial charge in [-0.05, 0) is 35.4 Å². The number of imidazole rings is 1. The molecule has 0 bridgehead atoms. The number of aryl methyl sites for hydroxylation is 1. The first kappa shape index (κ1) is 22.4. The third-order valence-corrected chi connectivity index (χ3v) is 7.76. The SMILES string of the molecule is O=S(CCc1ccccn1)c1nn2cc(-c3ccc(-c4cccc(C(F)(F)F)c4)cc3)nc2s1. The molecule has 5 nitrogen and oxygen atoms in total. The van der Waals surface area contributed by atoms with Crippen LogP contribution < -0.4 is 0 Å². The van der Waals surface area contributed by atoms with Crippen molar-refractivity contribution in [1.82, 2.24) is 19.6 Å². The monoisotopic (exact) mass is 498 g/mol. The summed E-state index contributed by atoms with van der Waals surface area (Å²) in [6.45, 7) is 0. The van der Waals surface area contributed by atoms with E-state index in [4.69, 9.17) is 0 Å². The predicted octanol–water partition coefficient (Wildman–Crippen LogP) is 5.89. The lowest BCUT2D eigenvalue weighted by Crippen LogP contribution is -2.04. The van der Waals surface area contributed by atoms with Crippen molar-refractivity contribution in [2.24, 2.45) is 0 Å². The summed E-state index contributed by atoms with van der Waals surface area (Å²) in [5.41, 5.74) is 2.87. The summed E-state index contributed by atoms with van der Waals surface area (Å²) in [5, 5.41) is 4.41. The van der Waals surface area contributed by atoms with Crippen LogP contribution in [0.1, 0.15) is 11.3 Å². The number of nitrogens with zero attached hydrogens (tertiary/aromatic N) is 4. The minimum absolute atomic E-state index is 0.428. The zero-order valence-corrected chi connectivity index (χ0v) is 19.2. The first-order chi connectivity index (χ1) is 16.4. The van der Waals surface area contributed by atoms with Crippen molar-refractivity contribution in [1.29, 1.82) is 0 Å². The van der Waals surface area contributed by atoms with Crippen molar-refractivity contribution in [2.45, 2.75) is 16.9 Å². The molecule has 0 spiro atoms. The van der Waals surface area contributed by atoms with Gasteiger partial charge in [-0.15, -0.1) is 5.10 Å². The fraction of sp³-hybridized carbons (Fsp3) is 0.125. The number of aromatic nitrogens is 4. The molecule has 0 aliphatic carbocycles. The highest BCUT2D eigenvalue weighted by atomic mass is 32.2. The van der Waals surface area contributed by atoms with E-state index in [1.54, 1.807) is 35.1 Å². The van der Waals surface area contributed by atoms with Crippen LogP contribution >= 0.6 is 11.3 Å². The largest absolute Gasteiger partial charge is 0.416 e. The van der Waals surface area contributed by atoms with E-state index in [2.05, 4.69) is 15.1 Å². The van der Waals surface area contributed by atoms with E-state index in [-0.39, 0.29) is 0 Å². The number of pyridine rings is 1. The van der Waals surface area contributed by atoms with Crippen LogP contribution in [-0.2, 0) is 23.4 Å². The van der Waals surface area contributed by atoms with E-state index in [0.717, 1.165) is 23.4 Å². The third kappa shape index (κ3) is 4.78. The van der Waals surface area contributed by atoms with Gasteiger partial charge in [-0.3, -0.25) is 9.19 Å². The standard InChI is InChI=1S/C24H17F3N4OS2/c25-24(26,27)19-5-3-4-18(14-19)16-7-9-17(10-8-16)21-15-31-22(29-21)33-23(30-31)34(32)13-11-20-6-1-2-12-28-20/h1-10,12,14-15H,11,13H2. The second-order valence-electron chi connectivity index (χ2n) is 7.50. The van der Waals surface area contributed by atoms with Crippen molar-refractivity contribution in [2.75, 3.05) is 5.75 Å². The van der Waals surface area contributed by atoms with Crippen LogP contribution in [0.15, 0.2) is 83.5 Å². The Morgan fingerprint density at radius 3 is 2.44 bits per heavy atom. The molecule has 172 valence electrons. The van der Waals surface area contributed by atoms with E-state index in [0.29, 0.717) is 38.3 Å². The fourth-order valence-corrected chi connectivity index (χ4v) is 5.66. The molecule has 0 amide bonds. The summed E-state index contributed by atoms with van der Waals surface area (Å²) in [6.07, 6.45) is -0.321. The maximum Gasteiger partial charge on any atom is 0.416 e. The minimum Gasteiger partial charge on any atom is -0.261 e. The average Bonchev–Trinajstić information content (AvgIpc) is 3.43. The molecule has 1 atom stereocenters. The highest BCUT2D eigenvalue weighted by Gasteiger charge is 2.30. The lowest BCUT2D eigenvalue weighted by Gasteiger charge is -2.09. The highest BCUT2D eigenvalue weighted by molar-refractivity contribution is 7.87. The van der Waals surface area contributed by atoms with Crippen LogP contribution in [0.5, 0.6) is 0 Å². The number of hydrogen-bond donors (Lipinski definition) is 0. The molecule has 2 aromatic carbocycles. The van der Waals surface area contributed by atoms with Gasteiger partial charge in [0.25, 0.3) is 0 Å². The number of alkyl halides is 3. The Bertz CT molecular complexity index is 1430.